The maximum Gasteiger partial charge on any atom is 0.222 e. The van der Waals surface area contributed by atoms with E-state index in [0.29, 0.717) is 18.7 Å². The molecule has 0 spiro atoms. The van der Waals surface area contributed by atoms with Gasteiger partial charge in [-0.2, -0.15) is 0 Å². The van der Waals surface area contributed by atoms with Gasteiger partial charge in [-0.3, -0.25) is 4.79 Å². The van der Waals surface area contributed by atoms with E-state index in [9.17, 15) is 9.18 Å². The van der Waals surface area contributed by atoms with Crippen LogP contribution in [0.15, 0.2) is 12.1 Å². The molecule has 1 unspecified atom stereocenters. The third kappa shape index (κ3) is 3.27. The number of hydrogen-bond acceptors (Lipinski definition) is 2. The summed E-state index contributed by atoms with van der Waals surface area (Å²) in [5.74, 6) is -0.605. The monoisotopic (exact) mass is 290 g/mol. The quantitative estimate of drug-likeness (QED) is 0.821. The number of halogens is 3. The summed E-state index contributed by atoms with van der Waals surface area (Å²) in [6, 6.07) is 2.97. The van der Waals surface area contributed by atoms with Gasteiger partial charge < -0.3 is 10.6 Å². The summed E-state index contributed by atoms with van der Waals surface area (Å²) >= 11 is 11.4. The summed E-state index contributed by atoms with van der Waals surface area (Å²) in [6.07, 6.45) is 2.17. The van der Waals surface area contributed by atoms with Crippen molar-refractivity contribution in [1.82, 2.24) is 5.32 Å². The Labute approximate surface area is 115 Å². The minimum Gasteiger partial charge on any atom is -0.382 e. The molecule has 1 atom stereocenters. The molecule has 0 aromatic heterocycles. The predicted octanol–water partition coefficient (Wildman–Crippen LogP) is 3.21. The van der Waals surface area contributed by atoms with Gasteiger partial charge in [-0.15, -0.1) is 0 Å². The van der Waals surface area contributed by atoms with Gasteiger partial charge in [0.25, 0.3) is 0 Å². The van der Waals surface area contributed by atoms with Crippen LogP contribution < -0.4 is 10.6 Å². The zero-order chi connectivity index (χ0) is 13.1. The van der Waals surface area contributed by atoms with E-state index in [0.717, 1.165) is 12.8 Å². The van der Waals surface area contributed by atoms with Gasteiger partial charge >= 0.3 is 0 Å². The van der Waals surface area contributed by atoms with Gasteiger partial charge in [0.05, 0.1) is 10.0 Å². The smallest absolute Gasteiger partial charge is 0.222 e. The van der Waals surface area contributed by atoms with E-state index < -0.39 is 5.82 Å². The van der Waals surface area contributed by atoms with Gasteiger partial charge in [0.2, 0.25) is 5.91 Å². The van der Waals surface area contributed by atoms with Crippen LogP contribution in [0.2, 0.25) is 10.0 Å². The van der Waals surface area contributed by atoms with Gasteiger partial charge in [0.1, 0.15) is 0 Å². The van der Waals surface area contributed by atoms with E-state index in [1.54, 1.807) is 0 Å². The molecule has 1 aliphatic heterocycles. The molecule has 1 fully saturated rings. The van der Waals surface area contributed by atoms with E-state index in [1.165, 1.54) is 12.1 Å². The van der Waals surface area contributed by atoms with Crippen molar-refractivity contribution < 1.29 is 9.18 Å². The van der Waals surface area contributed by atoms with Crippen LogP contribution in [0.1, 0.15) is 19.3 Å². The van der Waals surface area contributed by atoms with Gasteiger partial charge in [0, 0.05) is 24.7 Å². The number of carbonyl (C=O) groups is 1. The van der Waals surface area contributed by atoms with Crippen molar-refractivity contribution in [1.29, 1.82) is 0 Å². The minimum atomic E-state index is -0.623. The summed E-state index contributed by atoms with van der Waals surface area (Å²) in [5, 5.41) is 5.91. The van der Waals surface area contributed by atoms with Crippen molar-refractivity contribution in [2.45, 2.75) is 25.3 Å². The Bertz CT molecular complexity index is 444. The molecule has 1 aromatic rings. The second-order valence-corrected chi connectivity index (χ2v) is 5.11. The standard InChI is InChI=1S/C12H13Cl2FN2O/c13-9-4-8(5-10(14)12(9)15)17-7-2-1-3-16-11(18)6-7/h4-5,7,17H,1-3,6H2,(H,16,18). The summed E-state index contributed by atoms with van der Waals surface area (Å²) in [7, 11) is 0. The van der Waals surface area contributed by atoms with Gasteiger partial charge in [-0.25, -0.2) is 4.39 Å². The highest BCUT2D eigenvalue weighted by atomic mass is 35.5. The number of carbonyl (C=O) groups excluding carboxylic acids is 1. The number of amides is 1. The molecule has 1 aliphatic rings. The fraction of sp³-hybridized carbons (Fsp3) is 0.417. The molecule has 2 N–H and O–H groups in total. The van der Waals surface area contributed by atoms with Crippen LogP contribution in [0.3, 0.4) is 0 Å². The van der Waals surface area contributed by atoms with Crippen molar-refractivity contribution in [3.63, 3.8) is 0 Å². The Hall–Kier alpha value is -1.00. The molecular formula is C12H13Cl2FN2O. The molecule has 1 amide bonds. The van der Waals surface area contributed by atoms with E-state index in [-0.39, 0.29) is 22.0 Å². The molecule has 1 saturated heterocycles. The van der Waals surface area contributed by atoms with Gasteiger partial charge in [0.15, 0.2) is 5.82 Å². The summed E-state index contributed by atoms with van der Waals surface area (Å²) in [6.45, 7) is 0.696. The molecule has 0 radical (unpaired) electrons. The summed E-state index contributed by atoms with van der Waals surface area (Å²) < 4.78 is 13.3. The molecule has 6 heteroatoms. The predicted molar refractivity (Wildman–Crippen MR) is 70.7 cm³/mol. The van der Waals surface area contributed by atoms with Crippen LogP contribution in [-0.4, -0.2) is 18.5 Å². The van der Waals surface area contributed by atoms with Crippen LogP contribution >= 0.6 is 23.2 Å². The fourth-order valence-electron chi connectivity index (χ4n) is 1.97. The summed E-state index contributed by atoms with van der Waals surface area (Å²) in [5.41, 5.74) is 0.631. The van der Waals surface area contributed by atoms with Crippen molar-refractivity contribution >= 4 is 34.8 Å². The topological polar surface area (TPSA) is 41.1 Å². The maximum atomic E-state index is 13.3. The average molecular weight is 291 g/mol. The lowest BCUT2D eigenvalue weighted by atomic mass is 10.1. The second-order valence-electron chi connectivity index (χ2n) is 4.29. The van der Waals surface area contributed by atoms with E-state index >= 15 is 0 Å². The molecular weight excluding hydrogens is 278 g/mol. The lowest BCUT2D eigenvalue weighted by Gasteiger charge is -2.17. The number of anilines is 1. The van der Waals surface area contributed by atoms with Crippen molar-refractivity contribution in [3.05, 3.63) is 28.0 Å². The van der Waals surface area contributed by atoms with Crippen LogP contribution in [0, 0.1) is 5.82 Å². The van der Waals surface area contributed by atoms with E-state index in [2.05, 4.69) is 10.6 Å². The third-order valence-corrected chi connectivity index (χ3v) is 3.39. The molecule has 0 aliphatic carbocycles. The average Bonchev–Trinajstić information content (AvgIpc) is 2.50. The molecule has 98 valence electrons. The van der Waals surface area contributed by atoms with E-state index in [4.69, 9.17) is 23.2 Å². The first-order valence-corrected chi connectivity index (χ1v) is 6.49. The third-order valence-electron chi connectivity index (χ3n) is 2.84. The molecule has 0 bridgehead atoms. The Balaban J connectivity index is 2.11. The fourth-order valence-corrected chi connectivity index (χ4v) is 2.46. The molecule has 1 aromatic carbocycles. The normalized spacial score (nSPS) is 20.2. The Kier molecular flexibility index (Phi) is 4.30. The van der Waals surface area contributed by atoms with Gasteiger partial charge in [-0.05, 0) is 25.0 Å². The lowest BCUT2D eigenvalue weighted by molar-refractivity contribution is -0.120. The Morgan fingerprint density at radius 1 is 1.33 bits per heavy atom. The zero-order valence-corrected chi connectivity index (χ0v) is 11.1. The van der Waals surface area contributed by atoms with E-state index in [1.807, 2.05) is 0 Å². The Morgan fingerprint density at radius 3 is 2.67 bits per heavy atom. The van der Waals surface area contributed by atoms with Gasteiger partial charge in [-0.1, -0.05) is 23.2 Å². The molecule has 1 heterocycles. The van der Waals surface area contributed by atoms with Crippen LogP contribution in [-0.2, 0) is 4.79 Å². The number of hydrogen-bond donors (Lipinski definition) is 2. The number of benzene rings is 1. The van der Waals surface area contributed by atoms with Crippen LogP contribution in [0.4, 0.5) is 10.1 Å². The second kappa shape index (κ2) is 5.76. The highest BCUT2D eigenvalue weighted by Crippen LogP contribution is 2.28. The van der Waals surface area contributed by atoms with Crippen molar-refractivity contribution in [2.75, 3.05) is 11.9 Å². The number of nitrogens with one attached hydrogen (secondary N) is 2. The number of rotatable bonds is 2. The summed E-state index contributed by atoms with van der Waals surface area (Å²) in [4.78, 5) is 11.4. The molecule has 18 heavy (non-hydrogen) atoms. The maximum absolute atomic E-state index is 13.3. The van der Waals surface area contributed by atoms with Crippen molar-refractivity contribution in [3.8, 4) is 0 Å². The SMILES string of the molecule is O=C1CC(Nc2cc(Cl)c(F)c(Cl)c2)CCCN1. The Morgan fingerprint density at radius 2 is 2.00 bits per heavy atom. The minimum absolute atomic E-state index is 0.0179. The van der Waals surface area contributed by atoms with Crippen molar-refractivity contribution in [2.24, 2.45) is 0 Å². The largest absolute Gasteiger partial charge is 0.382 e. The molecule has 3 nitrogen and oxygen atoms in total. The lowest BCUT2D eigenvalue weighted by Crippen LogP contribution is -2.26. The highest BCUT2D eigenvalue weighted by molar-refractivity contribution is 6.35. The first-order valence-electron chi connectivity index (χ1n) is 5.74. The van der Waals surface area contributed by atoms with Crippen LogP contribution in [0.5, 0.6) is 0 Å². The molecule has 2 rings (SSSR count). The zero-order valence-electron chi connectivity index (χ0n) is 9.60. The first-order chi connectivity index (χ1) is 8.56. The highest BCUT2D eigenvalue weighted by Gasteiger charge is 2.18. The molecule has 0 saturated carbocycles. The first kappa shape index (κ1) is 13.4. The van der Waals surface area contributed by atoms with Crippen LogP contribution in [0.25, 0.3) is 0 Å².